The fourth-order valence-electron chi connectivity index (χ4n) is 5.00. The van der Waals surface area contributed by atoms with Gasteiger partial charge < -0.3 is 4.42 Å². The summed E-state index contributed by atoms with van der Waals surface area (Å²) < 4.78 is 5.89. The number of benzene rings is 3. The maximum atomic E-state index is 10.4. The van der Waals surface area contributed by atoms with Crippen LogP contribution in [0.15, 0.2) is 78.1 Å². The number of oxazole rings is 1. The van der Waals surface area contributed by atoms with E-state index in [4.69, 9.17) is 24.1 Å². The molecule has 4 heterocycles. The summed E-state index contributed by atoms with van der Waals surface area (Å²) in [5.74, 6) is -1.14. The van der Waals surface area contributed by atoms with Gasteiger partial charge in [0.2, 0.25) is 17.2 Å². The summed E-state index contributed by atoms with van der Waals surface area (Å²) in [7, 11) is 0. The van der Waals surface area contributed by atoms with Gasteiger partial charge in [-0.25, -0.2) is 59.7 Å². The van der Waals surface area contributed by atoms with E-state index in [-0.39, 0.29) is 112 Å². The van der Waals surface area contributed by atoms with Crippen molar-refractivity contribution < 1.29 is 4.42 Å². The van der Waals surface area contributed by atoms with Crippen molar-refractivity contribution in [3.05, 3.63) is 132 Å². The lowest BCUT2D eigenvalue weighted by Crippen LogP contribution is -2.25. The van der Waals surface area contributed by atoms with Gasteiger partial charge >= 0.3 is 5.70 Å². The Balaban J connectivity index is 1.51. The fraction of sp³-hybridized carbons (Fsp3) is 0. The molecule has 0 spiro atoms. The highest BCUT2D eigenvalue weighted by Crippen LogP contribution is 2.31. The predicted molar refractivity (Wildman–Crippen MR) is 168 cm³/mol. The van der Waals surface area contributed by atoms with Gasteiger partial charge in [-0.1, -0.05) is 0 Å². The Morgan fingerprint density at radius 1 is 0.667 bits per heavy atom. The molecule has 2 aliphatic rings. The van der Waals surface area contributed by atoms with E-state index in [9.17, 15) is 26.3 Å². The van der Waals surface area contributed by atoms with Gasteiger partial charge in [0.25, 0.3) is 5.89 Å². The molecule has 17 heteroatoms. The quantitative estimate of drug-likeness (QED) is 0.203. The van der Waals surface area contributed by atoms with Crippen molar-refractivity contribution in [3.8, 4) is 53.4 Å². The van der Waals surface area contributed by atoms with Crippen LogP contribution in [0.1, 0.15) is 22.5 Å². The third-order valence-electron chi connectivity index (χ3n) is 7.30. The molecule has 7 rings (SSSR count). The van der Waals surface area contributed by atoms with E-state index in [1.807, 2.05) is 24.3 Å². The molecule has 0 N–H and O–H groups in total. The lowest BCUT2D eigenvalue weighted by Gasteiger charge is -2.07. The summed E-state index contributed by atoms with van der Waals surface area (Å²) in [5.41, 5.74) is -0.0390. The zero-order chi connectivity index (χ0) is 35.8. The maximum absolute atomic E-state index is 10.4. The molecule has 3 aromatic carbocycles. The number of hydrogen-bond donors (Lipinski definition) is 0. The lowest BCUT2D eigenvalue weighted by molar-refractivity contribution is 0.612. The first-order valence-electron chi connectivity index (χ1n) is 13.9. The highest BCUT2D eigenvalue weighted by atomic mass is 16.3. The number of allylic oxidation sites excluding steroid dienone is 2. The molecule has 0 unspecified atom stereocenters. The molecule has 0 aliphatic carbocycles. The summed E-state index contributed by atoms with van der Waals surface area (Å²) in [4.78, 5) is 44.9. The average molecular weight is 655 g/mol. The van der Waals surface area contributed by atoms with E-state index in [1.54, 1.807) is 6.07 Å². The average Bonchev–Trinajstić information content (AvgIpc) is 3.90. The lowest BCUT2D eigenvalue weighted by atomic mass is 10.1. The molecule has 0 bridgehead atoms. The molecule has 0 atom stereocenters. The molecule has 0 amide bonds. The molecule has 0 radical (unpaired) electrons. The minimum Gasteiger partial charge on any atom is -0.435 e. The Bertz CT molecular complexity index is 3060. The SMILES string of the molecule is [C-]#[N+]/C(C#N)=C1\N=c2ccc(-c3nc(/C(C#N)=C4/N=c5cc(C#N)c([N+]#[C-])cc5=N4)nc(-c4nc5cc(C#N)c([N+]#[C-])cc5o4)n3)c(C#N)c2=N1. The summed E-state index contributed by atoms with van der Waals surface area (Å²) >= 11 is 0. The minimum atomic E-state index is -0.376. The van der Waals surface area contributed by atoms with Crippen LogP contribution in [-0.4, -0.2) is 19.9 Å². The van der Waals surface area contributed by atoms with Crippen molar-refractivity contribution in [1.82, 2.24) is 19.9 Å². The zero-order valence-corrected chi connectivity index (χ0v) is 25.0. The molecule has 51 heavy (non-hydrogen) atoms. The van der Waals surface area contributed by atoms with Crippen LogP contribution in [0.25, 0.3) is 54.3 Å². The summed E-state index contributed by atoms with van der Waals surface area (Å²) in [6.45, 7) is 22.0. The number of fused-ring (bicyclic) bond motifs is 3. The first kappa shape index (κ1) is 30.4. The van der Waals surface area contributed by atoms with E-state index in [1.165, 1.54) is 36.4 Å². The van der Waals surface area contributed by atoms with Crippen LogP contribution in [-0.2, 0) is 0 Å². The van der Waals surface area contributed by atoms with Gasteiger partial charge in [0, 0.05) is 5.56 Å². The second kappa shape index (κ2) is 11.8. The Kier molecular flexibility index (Phi) is 7.05. The van der Waals surface area contributed by atoms with Gasteiger partial charge in [0.15, 0.2) is 23.3 Å². The van der Waals surface area contributed by atoms with Crippen LogP contribution in [0.2, 0.25) is 0 Å². The topological polar surface area (TPSA) is 246 Å². The Morgan fingerprint density at radius 2 is 1.35 bits per heavy atom. The van der Waals surface area contributed by atoms with Crippen LogP contribution in [0.3, 0.4) is 0 Å². The number of hydrogen-bond acceptors (Lipinski definition) is 14. The van der Waals surface area contributed by atoms with Gasteiger partial charge in [-0.05, 0) is 36.4 Å². The molecular weight excluding hydrogens is 648 g/mol. The van der Waals surface area contributed by atoms with Gasteiger partial charge in [-0.15, -0.1) is 0 Å². The van der Waals surface area contributed by atoms with Crippen LogP contribution in [0.5, 0.6) is 0 Å². The molecule has 0 saturated heterocycles. The van der Waals surface area contributed by atoms with Crippen molar-refractivity contribution in [2.75, 3.05) is 0 Å². The number of nitriles is 5. The van der Waals surface area contributed by atoms with E-state index in [0.717, 1.165) is 0 Å². The number of aromatic nitrogens is 4. The molecule has 0 fully saturated rings. The highest BCUT2D eigenvalue weighted by molar-refractivity contribution is 5.84. The van der Waals surface area contributed by atoms with E-state index >= 15 is 0 Å². The van der Waals surface area contributed by atoms with Gasteiger partial charge in [0.05, 0.1) is 70.7 Å². The van der Waals surface area contributed by atoms with E-state index in [2.05, 4.69) is 54.4 Å². The Morgan fingerprint density at radius 3 is 2.02 bits per heavy atom. The number of nitrogens with zero attached hydrogens (tertiary/aromatic N) is 16. The van der Waals surface area contributed by atoms with Crippen molar-refractivity contribution in [1.29, 1.82) is 26.3 Å². The zero-order valence-electron chi connectivity index (χ0n) is 25.0. The third-order valence-corrected chi connectivity index (χ3v) is 7.30. The van der Waals surface area contributed by atoms with Gasteiger partial charge in [-0.3, -0.25) is 0 Å². The monoisotopic (exact) mass is 654 g/mol. The van der Waals surface area contributed by atoms with Crippen LogP contribution in [0.4, 0.5) is 11.4 Å². The van der Waals surface area contributed by atoms with E-state index in [0.29, 0.717) is 0 Å². The first-order chi connectivity index (χ1) is 24.9. The Labute approximate surface area is 283 Å². The fourth-order valence-corrected chi connectivity index (χ4v) is 5.00. The molecular formula is C34H6N16O. The van der Waals surface area contributed by atoms with Crippen molar-refractivity contribution in [3.63, 3.8) is 0 Å². The molecule has 2 aliphatic heterocycles. The van der Waals surface area contributed by atoms with Gasteiger partial charge in [0.1, 0.15) is 34.2 Å². The first-order valence-corrected chi connectivity index (χ1v) is 13.9. The molecule has 2 aromatic heterocycles. The summed E-state index contributed by atoms with van der Waals surface area (Å²) in [6, 6.07) is 18.0. The van der Waals surface area contributed by atoms with Crippen LogP contribution in [0, 0.1) is 76.4 Å². The molecule has 0 saturated carbocycles. The Hall–Kier alpha value is -9.26. The largest absolute Gasteiger partial charge is 0.435 e. The third kappa shape index (κ3) is 4.90. The van der Waals surface area contributed by atoms with Crippen molar-refractivity contribution in [2.45, 2.75) is 0 Å². The summed E-state index contributed by atoms with van der Waals surface area (Å²) in [6.07, 6.45) is 0. The summed E-state index contributed by atoms with van der Waals surface area (Å²) in [5, 5.41) is 49.7. The highest BCUT2D eigenvalue weighted by Gasteiger charge is 2.24. The standard InChI is InChI=1S/C34H6N16O/c1-40-21-8-24-23(6-15(21)10-35)44-30(45-24)19(13-38)31-48-29(17-4-5-20-28(18(17)12-37)47-32(43-20)26(14-39)42-3)49-33(50-31)34-46-25-7-16(11-36)22(41-2)9-27(25)51-34/h4-9H/b30-19-,32-26+. The van der Waals surface area contributed by atoms with Crippen LogP contribution < -0.4 is 21.4 Å². The second-order valence-electron chi connectivity index (χ2n) is 10.1. The van der Waals surface area contributed by atoms with Gasteiger partial charge in [-0.2, -0.15) is 21.0 Å². The van der Waals surface area contributed by atoms with Crippen molar-refractivity contribution in [2.24, 2.45) is 20.0 Å². The van der Waals surface area contributed by atoms with E-state index < -0.39 is 0 Å². The maximum Gasteiger partial charge on any atom is 0.305 e. The predicted octanol–water partition coefficient (Wildman–Crippen LogP) is 3.07. The number of rotatable bonds is 3. The molecule has 17 nitrogen and oxygen atoms in total. The molecule has 5 aromatic rings. The normalized spacial score (nSPS) is 13.6. The molecule has 228 valence electrons. The second-order valence-corrected chi connectivity index (χ2v) is 10.1. The smallest absolute Gasteiger partial charge is 0.305 e. The minimum absolute atomic E-state index is 0.0309. The van der Waals surface area contributed by atoms with Crippen LogP contribution >= 0.6 is 0 Å². The van der Waals surface area contributed by atoms with Crippen molar-refractivity contribution >= 4 is 28.0 Å².